The van der Waals surface area contributed by atoms with Gasteiger partial charge in [0.1, 0.15) is 22.0 Å². The van der Waals surface area contributed by atoms with Crippen LogP contribution in [-0.4, -0.2) is 72.6 Å². The number of aryl methyl sites for hydroxylation is 3. The number of furan rings is 1. The normalized spacial score (nSPS) is 14.9. The maximum Gasteiger partial charge on any atom is 0.342 e. The van der Waals surface area contributed by atoms with Gasteiger partial charge in [0.15, 0.2) is 5.69 Å². The van der Waals surface area contributed by atoms with E-state index in [1.807, 2.05) is 37.3 Å². The van der Waals surface area contributed by atoms with E-state index in [4.69, 9.17) is 9.15 Å². The summed E-state index contributed by atoms with van der Waals surface area (Å²) in [4.78, 5) is 26.7. The first-order valence-corrected chi connectivity index (χ1v) is 12.2. The second-order valence-electron chi connectivity index (χ2n) is 8.02. The van der Waals surface area contributed by atoms with E-state index in [2.05, 4.69) is 5.10 Å². The first-order valence-electron chi connectivity index (χ1n) is 10.7. The van der Waals surface area contributed by atoms with E-state index in [1.165, 1.54) is 25.3 Å². The molecular formula is C23H26N4O6S. The topological polar surface area (TPSA) is 115 Å². The average Bonchev–Trinajstić information content (AvgIpc) is 3.37. The summed E-state index contributed by atoms with van der Waals surface area (Å²) in [6.45, 7) is 5.43. The Hall–Kier alpha value is -3.44. The van der Waals surface area contributed by atoms with Crippen molar-refractivity contribution >= 4 is 21.9 Å². The molecule has 0 atom stereocenters. The predicted molar refractivity (Wildman–Crippen MR) is 122 cm³/mol. The first-order chi connectivity index (χ1) is 16.1. The van der Waals surface area contributed by atoms with Crippen LogP contribution in [0.1, 0.15) is 38.1 Å². The Morgan fingerprint density at radius 1 is 1.00 bits per heavy atom. The van der Waals surface area contributed by atoms with Crippen LogP contribution < -0.4 is 0 Å². The Kier molecular flexibility index (Phi) is 6.32. The zero-order valence-electron chi connectivity index (χ0n) is 19.4. The Labute approximate surface area is 197 Å². The van der Waals surface area contributed by atoms with E-state index in [9.17, 15) is 18.0 Å². The minimum Gasteiger partial charge on any atom is -0.465 e. The number of ether oxygens (including phenoxy) is 1. The number of para-hydroxylation sites is 1. The third kappa shape index (κ3) is 4.12. The number of benzene rings is 1. The molecular weight excluding hydrogens is 460 g/mol. The van der Waals surface area contributed by atoms with Gasteiger partial charge >= 0.3 is 5.97 Å². The fraction of sp³-hybridized carbons (Fsp3) is 0.348. The summed E-state index contributed by atoms with van der Waals surface area (Å²) in [6.07, 6.45) is 0. The average molecular weight is 487 g/mol. The molecule has 0 bridgehead atoms. The molecule has 3 heterocycles. The molecule has 3 aromatic rings. The van der Waals surface area contributed by atoms with Gasteiger partial charge in [0.2, 0.25) is 10.0 Å². The lowest BCUT2D eigenvalue weighted by molar-refractivity contribution is 0.0594. The van der Waals surface area contributed by atoms with Crippen LogP contribution in [0.4, 0.5) is 0 Å². The van der Waals surface area contributed by atoms with Crippen molar-refractivity contribution < 1.29 is 27.2 Å². The largest absolute Gasteiger partial charge is 0.465 e. The van der Waals surface area contributed by atoms with Crippen molar-refractivity contribution in [3.63, 3.8) is 0 Å². The molecule has 34 heavy (non-hydrogen) atoms. The summed E-state index contributed by atoms with van der Waals surface area (Å²) in [5.41, 5.74) is 1.87. The summed E-state index contributed by atoms with van der Waals surface area (Å²) in [6, 6.07) is 11.2. The molecule has 0 aliphatic carbocycles. The van der Waals surface area contributed by atoms with Crippen LogP contribution in [0, 0.1) is 20.8 Å². The van der Waals surface area contributed by atoms with Crippen LogP contribution in [0.15, 0.2) is 45.7 Å². The summed E-state index contributed by atoms with van der Waals surface area (Å²) in [5.74, 6) is -0.731. The number of esters is 1. The van der Waals surface area contributed by atoms with Crippen molar-refractivity contribution in [1.29, 1.82) is 0 Å². The van der Waals surface area contributed by atoms with E-state index in [0.717, 1.165) is 11.4 Å². The Bertz CT molecular complexity index is 1340. The lowest BCUT2D eigenvalue weighted by Gasteiger charge is -2.33. The highest BCUT2D eigenvalue weighted by Gasteiger charge is 2.38. The van der Waals surface area contributed by atoms with Crippen molar-refractivity contribution in [2.24, 2.45) is 0 Å². The molecule has 0 unspecified atom stereocenters. The minimum absolute atomic E-state index is 0.0801. The van der Waals surface area contributed by atoms with Crippen LogP contribution in [0.5, 0.6) is 0 Å². The highest BCUT2D eigenvalue weighted by Crippen LogP contribution is 2.30. The Morgan fingerprint density at radius 2 is 1.65 bits per heavy atom. The van der Waals surface area contributed by atoms with Gasteiger partial charge < -0.3 is 14.1 Å². The number of methoxy groups -OCH3 is 1. The number of rotatable bonds is 5. The van der Waals surface area contributed by atoms with Crippen molar-refractivity contribution in [3.05, 3.63) is 64.9 Å². The van der Waals surface area contributed by atoms with Crippen molar-refractivity contribution in [2.45, 2.75) is 25.7 Å². The quantitative estimate of drug-likeness (QED) is 0.508. The van der Waals surface area contributed by atoms with E-state index >= 15 is 0 Å². The van der Waals surface area contributed by atoms with Crippen LogP contribution >= 0.6 is 0 Å². The molecule has 1 saturated heterocycles. The molecule has 0 spiro atoms. The monoisotopic (exact) mass is 486 g/mol. The number of amides is 1. The van der Waals surface area contributed by atoms with Gasteiger partial charge in [-0.05, 0) is 39.0 Å². The third-order valence-corrected chi connectivity index (χ3v) is 7.88. The van der Waals surface area contributed by atoms with Crippen LogP contribution in [0.3, 0.4) is 0 Å². The zero-order chi connectivity index (χ0) is 24.6. The van der Waals surface area contributed by atoms with Crippen molar-refractivity contribution in [1.82, 2.24) is 19.0 Å². The number of carbonyl (C=O) groups is 2. The van der Waals surface area contributed by atoms with Gasteiger partial charge in [-0.3, -0.25) is 4.79 Å². The molecule has 1 aliphatic heterocycles. The third-order valence-electron chi connectivity index (χ3n) is 5.83. The van der Waals surface area contributed by atoms with Crippen molar-refractivity contribution in [2.75, 3.05) is 33.3 Å². The van der Waals surface area contributed by atoms with E-state index in [-0.39, 0.29) is 54.1 Å². The van der Waals surface area contributed by atoms with Crippen LogP contribution in [0.2, 0.25) is 0 Å². The molecule has 10 nitrogen and oxygen atoms in total. The number of nitrogens with zero attached hydrogens (tertiary/aromatic N) is 4. The van der Waals surface area contributed by atoms with Gasteiger partial charge in [0.05, 0.1) is 12.8 Å². The van der Waals surface area contributed by atoms with Gasteiger partial charge in [0.25, 0.3) is 5.91 Å². The number of sulfonamides is 1. The highest BCUT2D eigenvalue weighted by molar-refractivity contribution is 7.89. The lowest BCUT2D eigenvalue weighted by atomic mass is 10.2. The standard InChI is InChI=1S/C23H26N4O6S/c1-15-14-19(24-27(15)18-8-6-5-7-9-18)22(28)25-10-12-26(13-11-25)34(30,31)21-17(3)33-16(2)20(21)23(29)32-4/h5-9,14H,10-13H2,1-4H3. The van der Waals surface area contributed by atoms with Gasteiger partial charge in [-0.1, -0.05) is 18.2 Å². The summed E-state index contributed by atoms with van der Waals surface area (Å²) >= 11 is 0. The molecule has 1 amide bonds. The molecule has 1 fully saturated rings. The summed E-state index contributed by atoms with van der Waals surface area (Å²) in [5, 5.41) is 4.46. The second-order valence-corrected chi connectivity index (χ2v) is 9.90. The number of aromatic nitrogens is 2. The number of hydrogen-bond donors (Lipinski definition) is 0. The maximum absolute atomic E-state index is 13.4. The van der Waals surface area contributed by atoms with Gasteiger partial charge in [-0.25, -0.2) is 17.9 Å². The molecule has 0 saturated carbocycles. The molecule has 1 aliphatic rings. The predicted octanol–water partition coefficient (Wildman–Crippen LogP) is 2.32. The van der Waals surface area contributed by atoms with E-state index in [1.54, 1.807) is 15.6 Å². The molecule has 0 N–H and O–H groups in total. The number of hydrogen-bond acceptors (Lipinski definition) is 7. The first kappa shape index (κ1) is 23.7. The van der Waals surface area contributed by atoms with Gasteiger partial charge in [0, 0.05) is 31.9 Å². The lowest BCUT2D eigenvalue weighted by Crippen LogP contribution is -2.50. The molecule has 4 rings (SSSR count). The molecule has 180 valence electrons. The molecule has 0 radical (unpaired) electrons. The van der Waals surface area contributed by atoms with Gasteiger partial charge in [-0.2, -0.15) is 9.40 Å². The maximum atomic E-state index is 13.4. The Morgan fingerprint density at radius 3 is 2.26 bits per heavy atom. The second kappa shape index (κ2) is 9.07. The fourth-order valence-corrected chi connectivity index (χ4v) is 5.94. The molecule has 11 heteroatoms. The number of piperazine rings is 1. The molecule has 1 aromatic carbocycles. The minimum atomic E-state index is -4.03. The molecule has 2 aromatic heterocycles. The smallest absolute Gasteiger partial charge is 0.342 e. The van der Waals surface area contributed by atoms with Crippen molar-refractivity contribution in [3.8, 4) is 5.69 Å². The Balaban J connectivity index is 1.51. The fourth-order valence-electron chi connectivity index (χ4n) is 4.14. The number of carbonyl (C=O) groups excluding carboxylic acids is 2. The zero-order valence-corrected chi connectivity index (χ0v) is 20.3. The highest BCUT2D eigenvalue weighted by atomic mass is 32.2. The van der Waals surface area contributed by atoms with E-state index < -0.39 is 16.0 Å². The summed E-state index contributed by atoms with van der Waals surface area (Å²) in [7, 11) is -2.84. The van der Waals surface area contributed by atoms with E-state index in [0.29, 0.717) is 5.69 Å². The SMILES string of the molecule is COC(=O)c1c(C)oc(C)c1S(=O)(=O)N1CCN(C(=O)c2cc(C)n(-c3ccccc3)n2)CC1. The summed E-state index contributed by atoms with van der Waals surface area (Å²) < 4.78 is 39.8. The van der Waals surface area contributed by atoms with Crippen LogP contribution in [-0.2, 0) is 14.8 Å². The van der Waals surface area contributed by atoms with Crippen LogP contribution in [0.25, 0.3) is 5.69 Å². The van der Waals surface area contributed by atoms with Gasteiger partial charge in [-0.15, -0.1) is 0 Å².